The van der Waals surface area contributed by atoms with Gasteiger partial charge in [0.2, 0.25) is 5.91 Å². The first-order chi connectivity index (χ1) is 13.9. The summed E-state index contributed by atoms with van der Waals surface area (Å²) in [6.45, 7) is 15.3. The maximum atomic E-state index is 12.7. The van der Waals surface area contributed by atoms with Gasteiger partial charge >= 0.3 is 0 Å². The van der Waals surface area contributed by atoms with Crippen LogP contribution in [0, 0.1) is 11.8 Å². The quantitative estimate of drug-likeness (QED) is 0.306. The standard InChI is InChI=1S/C21H41N5O3S.HI/c1-17-13-18(2)15-26(14-17)19(27)16-24-8-10-25(11-9-24)20(22-6)23-7-12-30(28,29)21(3,4)5;/h17-18H,7-16H2,1-6H3,(H,22,23);1H. The first kappa shape index (κ1) is 28.4. The minimum atomic E-state index is -3.16. The number of piperidine rings is 1. The summed E-state index contributed by atoms with van der Waals surface area (Å²) in [7, 11) is -1.44. The summed E-state index contributed by atoms with van der Waals surface area (Å²) in [6, 6.07) is 0. The number of rotatable bonds is 5. The second kappa shape index (κ2) is 12.0. The number of nitrogens with zero attached hydrogens (tertiary/aromatic N) is 4. The highest BCUT2D eigenvalue weighted by molar-refractivity contribution is 14.0. The molecule has 31 heavy (non-hydrogen) atoms. The molecule has 2 atom stereocenters. The number of hydrogen-bond donors (Lipinski definition) is 1. The Kier molecular flexibility index (Phi) is 11.0. The van der Waals surface area contributed by atoms with Crippen LogP contribution in [-0.2, 0) is 14.6 Å². The van der Waals surface area contributed by atoms with E-state index in [1.54, 1.807) is 27.8 Å². The Bertz CT molecular complexity index is 705. The molecule has 0 aliphatic carbocycles. The molecule has 2 aliphatic heterocycles. The lowest BCUT2D eigenvalue weighted by molar-refractivity contribution is -0.135. The third-order valence-corrected chi connectivity index (χ3v) is 8.66. The van der Waals surface area contributed by atoms with E-state index in [4.69, 9.17) is 0 Å². The molecule has 0 spiro atoms. The van der Waals surface area contributed by atoms with Crippen LogP contribution in [0.25, 0.3) is 0 Å². The van der Waals surface area contributed by atoms with E-state index in [1.165, 1.54) is 6.42 Å². The summed E-state index contributed by atoms with van der Waals surface area (Å²) >= 11 is 0. The van der Waals surface area contributed by atoms with Gasteiger partial charge in [-0.25, -0.2) is 8.42 Å². The van der Waals surface area contributed by atoms with E-state index >= 15 is 0 Å². The SMILES string of the molecule is CN=C(NCCS(=O)(=O)C(C)(C)C)N1CCN(CC(=O)N2CC(C)CC(C)C2)CC1.I. The molecule has 1 amide bonds. The zero-order chi connectivity index (χ0) is 22.5. The van der Waals surface area contributed by atoms with Crippen molar-refractivity contribution in [3.8, 4) is 0 Å². The second-order valence-electron chi connectivity index (χ2n) is 9.91. The van der Waals surface area contributed by atoms with Crippen LogP contribution in [0.3, 0.4) is 0 Å². The number of aliphatic imine (C=N–C) groups is 1. The first-order valence-corrected chi connectivity index (χ1v) is 12.8. The summed E-state index contributed by atoms with van der Waals surface area (Å²) in [6.07, 6.45) is 1.20. The Hall–Kier alpha value is -0.620. The lowest BCUT2D eigenvalue weighted by atomic mass is 9.92. The van der Waals surface area contributed by atoms with Crippen LogP contribution >= 0.6 is 24.0 Å². The molecule has 2 aliphatic rings. The monoisotopic (exact) mass is 571 g/mol. The number of guanidine groups is 1. The van der Waals surface area contributed by atoms with E-state index in [1.807, 2.05) is 4.90 Å². The highest BCUT2D eigenvalue weighted by atomic mass is 127. The average molecular weight is 572 g/mol. The number of sulfone groups is 1. The number of halogens is 1. The average Bonchev–Trinajstić information content (AvgIpc) is 2.64. The minimum Gasteiger partial charge on any atom is -0.355 e. The third-order valence-electron chi connectivity index (χ3n) is 6.05. The number of nitrogens with one attached hydrogen (secondary N) is 1. The van der Waals surface area contributed by atoms with Crippen molar-refractivity contribution in [3.05, 3.63) is 0 Å². The Morgan fingerprint density at radius 3 is 2.06 bits per heavy atom. The van der Waals surface area contributed by atoms with Crippen LogP contribution < -0.4 is 5.32 Å². The first-order valence-electron chi connectivity index (χ1n) is 11.1. The van der Waals surface area contributed by atoms with Gasteiger partial charge in [-0.2, -0.15) is 0 Å². The summed E-state index contributed by atoms with van der Waals surface area (Å²) in [5.41, 5.74) is 0. The fourth-order valence-electron chi connectivity index (χ4n) is 4.21. The molecule has 2 fully saturated rings. The Labute approximate surface area is 206 Å². The summed E-state index contributed by atoms with van der Waals surface area (Å²) < 4.78 is 23.8. The maximum absolute atomic E-state index is 12.7. The van der Waals surface area contributed by atoms with Crippen LogP contribution in [0.4, 0.5) is 0 Å². The second-order valence-corrected chi connectivity index (χ2v) is 12.8. The topological polar surface area (TPSA) is 85.3 Å². The highest BCUT2D eigenvalue weighted by Crippen LogP contribution is 2.21. The zero-order valence-electron chi connectivity index (χ0n) is 20.1. The van der Waals surface area contributed by atoms with Crippen molar-refractivity contribution in [1.29, 1.82) is 0 Å². The number of carbonyl (C=O) groups is 1. The highest BCUT2D eigenvalue weighted by Gasteiger charge is 2.30. The zero-order valence-corrected chi connectivity index (χ0v) is 23.2. The molecule has 2 unspecified atom stereocenters. The molecule has 0 aromatic rings. The molecule has 0 aromatic heterocycles. The fourth-order valence-corrected chi connectivity index (χ4v) is 5.19. The molecule has 1 N–H and O–H groups in total. The van der Waals surface area contributed by atoms with Crippen molar-refractivity contribution in [1.82, 2.24) is 20.0 Å². The van der Waals surface area contributed by atoms with Gasteiger partial charge in [0.1, 0.15) is 0 Å². The van der Waals surface area contributed by atoms with Crippen molar-refractivity contribution in [3.63, 3.8) is 0 Å². The van der Waals surface area contributed by atoms with E-state index in [0.717, 1.165) is 45.2 Å². The Morgan fingerprint density at radius 2 is 1.58 bits per heavy atom. The molecular weight excluding hydrogens is 529 g/mol. The Morgan fingerprint density at radius 1 is 1.03 bits per heavy atom. The van der Waals surface area contributed by atoms with Crippen molar-refractivity contribution < 1.29 is 13.2 Å². The van der Waals surface area contributed by atoms with Gasteiger partial charge in [-0.1, -0.05) is 13.8 Å². The van der Waals surface area contributed by atoms with Gasteiger partial charge in [0.05, 0.1) is 17.0 Å². The number of carbonyl (C=O) groups excluding carboxylic acids is 1. The van der Waals surface area contributed by atoms with Gasteiger partial charge in [-0.3, -0.25) is 14.7 Å². The molecule has 2 saturated heterocycles. The lowest BCUT2D eigenvalue weighted by Crippen LogP contribution is -2.55. The van der Waals surface area contributed by atoms with Crippen molar-refractivity contribution >= 4 is 45.7 Å². The molecular formula is C21H42IN5O3S. The number of amides is 1. The van der Waals surface area contributed by atoms with Crippen molar-refractivity contribution in [2.45, 2.75) is 45.8 Å². The number of hydrogen-bond acceptors (Lipinski definition) is 5. The molecule has 10 heteroatoms. The molecule has 0 bridgehead atoms. The lowest BCUT2D eigenvalue weighted by Gasteiger charge is -2.39. The third kappa shape index (κ3) is 8.34. The van der Waals surface area contributed by atoms with Gasteiger partial charge in [0.25, 0.3) is 0 Å². The van der Waals surface area contributed by atoms with E-state index in [2.05, 4.69) is 34.0 Å². The molecule has 182 valence electrons. The van der Waals surface area contributed by atoms with Crippen LogP contribution in [0.2, 0.25) is 0 Å². The van der Waals surface area contributed by atoms with E-state index in [9.17, 15) is 13.2 Å². The Balaban J connectivity index is 0.00000480. The number of likely N-dealkylation sites (tertiary alicyclic amines) is 1. The smallest absolute Gasteiger partial charge is 0.236 e. The molecule has 0 saturated carbocycles. The van der Waals surface area contributed by atoms with E-state index in [-0.39, 0.29) is 35.6 Å². The van der Waals surface area contributed by atoms with E-state index < -0.39 is 14.6 Å². The predicted molar refractivity (Wildman–Crippen MR) is 138 cm³/mol. The fraction of sp³-hybridized carbons (Fsp3) is 0.905. The number of piperazine rings is 1. The maximum Gasteiger partial charge on any atom is 0.236 e. The van der Waals surface area contributed by atoms with Crippen LogP contribution in [0.5, 0.6) is 0 Å². The predicted octanol–water partition coefficient (Wildman–Crippen LogP) is 1.52. The molecule has 2 rings (SSSR count). The molecule has 2 heterocycles. The molecule has 0 aromatic carbocycles. The van der Waals surface area contributed by atoms with Crippen molar-refractivity contribution in [2.24, 2.45) is 16.8 Å². The van der Waals surface area contributed by atoms with Gasteiger partial charge in [0.15, 0.2) is 15.8 Å². The van der Waals surface area contributed by atoms with Crippen molar-refractivity contribution in [2.75, 3.05) is 65.2 Å². The summed E-state index contributed by atoms with van der Waals surface area (Å²) in [5.74, 6) is 2.19. The van der Waals surface area contributed by atoms with Gasteiger partial charge < -0.3 is 15.1 Å². The van der Waals surface area contributed by atoms with E-state index in [0.29, 0.717) is 24.9 Å². The van der Waals surface area contributed by atoms with Crippen LogP contribution in [-0.4, -0.2) is 105 Å². The normalized spacial score (nSPS) is 24.0. The minimum absolute atomic E-state index is 0. The summed E-state index contributed by atoms with van der Waals surface area (Å²) in [4.78, 5) is 23.4. The largest absolute Gasteiger partial charge is 0.355 e. The van der Waals surface area contributed by atoms with Gasteiger partial charge in [-0.15, -0.1) is 24.0 Å². The van der Waals surface area contributed by atoms with Crippen LogP contribution in [0.15, 0.2) is 4.99 Å². The molecule has 0 radical (unpaired) electrons. The summed E-state index contributed by atoms with van der Waals surface area (Å²) in [5, 5.41) is 3.19. The molecule has 8 nitrogen and oxygen atoms in total. The van der Waals surface area contributed by atoms with Gasteiger partial charge in [-0.05, 0) is 39.0 Å². The van der Waals surface area contributed by atoms with Crippen LogP contribution in [0.1, 0.15) is 41.0 Å². The van der Waals surface area contributed by atoms with Gasteiger partial charge in [0, 0.05) is 52.9 Å².